The molecular weight excluding hydrogens is 355 g/mol. The average Bonchev–Trinajstić information content (AvgIpc) is 2.73. The van der Waals surface area contributed by atoms with Crippen LogP contribution >= 0.6 is 0 Å². The standard InChI is InChI=1S/C23H31FN2O2/c1-27-14-3-15-28-23-5-2-4-20(16-23)17-25-22-10-12-26(13-11-22)18-19-6-8-21(24)9-7-19/h2,4-9,16,22,25H,3,10-15,17-18H2,1H3. The molecule has 5 heteroatoms. The van der Waals surface area contributed by atoms with Crippen LogP contribution in [0.25, 0.3) is 0 Å². The van der Waals surface area contributed by atoms with Crippen LogP contribution in [0.2, 0.25) is 0 Å². The van der Waals surface area contributed by atoms with Gasteiger partial charge in [-0.1, -0.05) is 24.3 Å². The van der Waals surface area contributed by atoms with E-state index in [0.717, 1.165) is 57.8 Å². The van der Waals surface area contributed by atoms with Gasteiger partial charge in [-0.25, -0.2) is 4.39 Å². The first-order valence-corrected chi connectivity index (χ1v) is 10.1. The second kappa shape index (κ2) is 11.1. The van der Waals surface area contributed by atoms with E-state index >= 15 is 0 Å². The van der Waals surface area contributed by atoms with E-state index in [1.807, 2.05) is 24.3 Å². The molecule has 2 aromatic rings. The van der Waals surface area contributed by atoms with Gasteiger partial charge in [0.1, 0.15) is 11.6 Å². The lowest BCUT2D eigenvalue weighted by atomic mass is 10.0. The summed E-state index contributed by atoms with van der Waals surface area (Å²) in [5.41, 5.74) is 2.42. The Morgan fingerprint density at radius 2 is 1.82 bits per heavy atom. The molecule has 1 aliphatic heterocycles. The molecule has 0 unspecified atom stereocenters. The van der Waals surface area contributed by atoms with Crippen LogP contribution in [0.3, 0.4) is 0 Å². The molecule has 0 atom stereocenters. The number of piperidine rings is 1. The number of halogens is 1. The number of benzene rings is 2. The predicted octanol–water partition coefficient (Wildman–Crippen LogP) is 4.00. The first-order valence-electron chi connectivity index (χ1n) is 10.1. The summed E-state index contributed by atoms with van der Waals surface area (Å²) >= 11 is 0. The second-order valence-electron chi connectivity index (χ2n) is 7.40. The largest absolute Gasteiger partial charge is 0.493 e. The average molecular weight is 387 g/mol. The Morgan fingerprint density at radius 1 is 1.04 bits per heavy atom. The van der Waals surface area contributed by atoms with E-state index in [1.165, 1.54) is 11.1 Å². The molecule has 1 saturated heterocycles. The minimum Gasteiger partial charge on any atom is -0.493 e. The summed E-state index contributed by atoms with van der Waals surface area (Å²) in [6.45, 7) is 5.29. The summed E-state index contributed by atoms with van der Waals surface area (Å²) in [6.07, 6.45) is 3.16. The fourth-order valence-corrected chi connectivity index (χ4v) is 3.54. The third-order valence-electron chi connectivity index (χ3n) is 5.16. The molecule has 0 amide bonds. The van der Waals surface area contributed by atoms with Crippen molar-refractivity contribution in [2.75, 3.05) is 33.4 Å². The van der Waals surface area contributed by atoms with Gasteiger partial charge in [-0.05, 0) is 61.3 Å². The predicted molar refractivity (Wildman–Crippen MR) is 110 cm³/mol. The van der Waals surface area contributed by atoms with E-state index in [9.17, 15) is 4.39 Å². The van der Waals surface area contributed by atoms with Crippen molar-refractivity contribution in [3.63, 3.8) is 0 Å². The van der Waals surface area contributed by atoms with Gasteiger partial charge in [-0.3, -0.25) is 4.90 Å². The molecule has 4 nitrogen and oxygen atoms in total. The zero-order chi connectivity index (χ0) is 19.6. The minimum absolute atomic E-state index is 0.170. The van der Waals surface area contributed by atoms with Crippen molar-refractivity contribution < 1.29 is 13.9 Å². The summed E-state index contributed by atoms with van der Waals surface area (Å²) in [6, 6.07) is 15.7. The van der Waals surface area contributed by atoms with Gasteiger partial charge in [0, 0.05) is 39.3 Å². The summed E-state index contributed by atoms with van der Waals surface area (Å²) in [5, 5.41) is 3.68. The zero-order valence-corrected chi connectivity index (χ0v) is 16.7. The van der Waals surface area contributed by atoms with E-state index in [2.05, 4.69) is 22.3 Å². The minimum atomic E-state index is -0.170. The number of methoxy groups -OCH3 is 1. The number of likely N-dealkylation sites (tertiary alicyclic amines) is 1. The fraction of sp³-hybridized carbons (Fsp3) is 0.478. The Kier molecular flexibility index (Phi) is 8.27. The summed E-state index contributed by atoms with van der Waals surface area (Å²) < 4.78 is 23.9. The van der Waals surface area contributed by atoms with Crippen LogP contribution in [0.15, 0.2) is 48.5 Å². The van der Waals surface area contributed by atoms with Crippen LogP contribution in [0.4, 0.5) is 4.39 Å². The van der Waals surface area contributed by atoms with Gasteiger partial charge in [0.2, 0.25) is 0 Å². The summed E-state index contributed by atoms with van der Waals surface area (Å²) in [7, 11) is 1.71. The van der Waals surface area contributed by atoms with Gasteiger partial charge in [-0.15, -0.1) is 0 Å². The van der Waals surface area contributed by atoms with Crippen molar-refractivity contribution in [3.8, 4) is 5.75 Å². The number of ether oxygens (including phenoxy) is 2. The van der Waals surface area contributed by atoms with Crippen LogP contribution in [0.5, 0.6) is 5.75 Å². The normalized spacial score (nSPS) is 15.6. The molecule has 1 aliphatic rings. The molecule has 3 rings (SSSR count). The van der Waals surface area contributed by atoms with E-state index in [0.29, 0.717) is 12.6 Å². The number of rotatable bonds is 10. The van der Waals surface area contributed by atoms with Gasteiger partial charge < -0.3 is 14.8 Å². The maximum Gasteiger partial charge on any atom is 0.123 e. The molecule has 0 spiro atoms. The molecule has 0 radical (unpaired) electrons. The molecule has 1 N–H and O–H groups in total. The van der Waals surface area contributed by atoms with E-state index in [4.69, 9.17) is 9.47 Å². The van der Waals surface area contributed by atoms with Crippen molar-refractivity contribution in [3.05, 3.63) is 65.5 Å². The zero-order valence-electron chi connectivity index (χ0n) is 16.7. The highest BCUT2D eigenvalue weighted by Crippen LogP contribution is 2.17. The third-order valence-corrected chi connectivity index (χ3v) is 5.16. The van der Waals surface area contributed by atoms with Crippen LogP contribution in [-0.2, 0) is 17.8 Å². The lowest BCUT2D eigenvalue weighted by molar-refractivity contribution is 0.172. The fourth-order valence-electron chi connectivity index (χ4n) is 3.54. The van der Waals surface area contributed by atoms with Crippen LogP contribution < -0.4 is 10.1 Å². The smallest absolute Gasteiger partial charge is 0.123 e. The van der Waals surface area contributed by atoms with E-state index in [-0.39, 0.29) is 5.82 Å². The second-order valence-corrected chi connectivity index (χ2v) is 7.40. The summed E-state index contributed by atoms with van der Waals surface area (Å²) in [5.74, 6) is 0.751. The maximum absolute atomic E-state index is 13.0. The quantitative estimate of drug-likeness (QED) is 0.626. The molecule has 2 aromatic carbocycles. The van der Waals surface area contributed by atoms with Crippen molar-refractivity contribution in [1.29, 1.82) is 0 Å². The van der Waals surface area contributed by atoms with Gasteiger partial charge in [0.15, 0.2) is 0 Å². The number of hydrogen-bond donors (Lipinski definition) is 1. The highest BCUT2D eigenvalue weighted by Gasteiger charge is 2.18. The maximum atomic E-state index is 13.0. The summed E-state index contributed by atoms with van der Waals surface area (Å²) in [4.78, 5) is 2.44. The molecule has 28 heavy (non-hydrogen) atoms. The SMILES string of the molecule is COCCCOc1cccc(CNC2CCN(Cc3ccc(F)cc3)CC2)c1. The van der Waals surface area contributed by atoms with Crippen molar-refractivity contribution in [2.45, 2.75) is 38.4 Å². The van der Waals surface area contributed by atoms with Crippen molar-refractivity contribution in [1.82, 2.24) is 10.2 Å². The number of nitrogens with zero attached hydrogens (tertiary/aromatic N) is 1. The van der Waals surface area contributed by atoms with Crippen molar-refractivity contribution in [2.24, 2.45) is 0 Å². The van der Waals surface area contributed by atoms with Crippen LogP contribution in [-0.4, -0.2) is 44.4 Å². The van der Waals surface area contributed by atoms with Crippen molar-refractivity contribution >= 4 is 0 Å². The third kappa shape index (κ3) is 6.89. The Labute approximate surface area is 167 Å². The molecule has 1 fully saturated rings. The lowest BCUT2D eigenvalue weighted by Crippen LogP contribution is -2.41. The molecule has 0 saturated carbocycles. The monoisotopic (exact) mass is 386 g/mol. The molecular formula is C23H31FN2O2. The van der Waals surface area contributed by atoms with Gasteiger partial charge >= 0.3 is 0 Å². The highest BCUT2D eigenvalue weighted by molar-refractivity contribution is 5.28. The first-order chi connectivity index (χ1) is 13.7. The van der Waals surface area contributed by atoms with E-state index < -0.39 is 0 Å². The van der Waals surface area contributed by atoms with Gasteiger partial charge in [0.05, 0.1) is 6.61 Å². The molecule has 0 bridgehead atoms. The lowest BCUT2D eigenvalue weighted by Gasteiger charge is -2.32. The van der Waals surface area contributed by atoms with Crippen LogP contribution in [0, 0.1) is 5.82 Å². The Hall–Kier alpha value is -1.95. The van der Waals surface area contributed by atoms with Gasteiger partial charge in [0.25, 0.3) is 0 Å². The Morgan fingerprint density at radius 3 is 2.57 bits per heavy atom. The highest BCUT2D eigenvalue weighted by atomic mass is 19.1. The Bertz CT molecular complexity index is 700. The molecule has 1 heterocycles. The Balaban J connectivity index is 1.37. The van der Waals surface area contributed by atoms with Crippen LogP contribution in [0.1, 0.15) is 30.4 Å². The van der Waals surface area contributed by atoms with E-state index in [1.54, 1.807) is 19.2 Å². The number of nitrogens with one attached hydrogen (secondary N) is 1. The first kappa shape index (κ1) is 20.8. The molecule has 0 aliphatic carbocycles. The topological polar surface area (TPSA) is 33.7 Å². The van der Waals surface area contributed by atoms with Gasteiger partial charge in [-0.2, -0.15) is 0 Å². The molecule has 0 aromatic heterocycles. The molecule has 152 valence electrons. The number of hydrogen-bond acceptors (Lipinski definition) is 4.